The molecule has 2 aliphatic heterocycles. The first-order valence-corrected chi connectivity index (χ1v) is 15.9. The van der Waals surface area contributed by atoms with Gasteiger partial charge in [-0.15, -0.1) is 0 Å². The van der Waals surface area contributed by atoms with Gasteiger partial charge in [-0.05, 0) is 56.4 Å². The number of ether oxygens (including phenoxy) is 2. The van der Waals surface area contributed by atoms with Gasteiger partial charge in [-0.1, -0.05) is 62.9 Å². The number of nitrogens with one attached hydrogen (secondary N) is 3. The molecule has 246 valence electrons. The molecule has 0 radical (unpaired) electrons. The van der Waals surface area contributed by atoms with Crippen molar-refractivity contribution in [3.63, 3.8) is 0 Å². The normalized spacial score (nSPS) is 19.1. The minimum absolute atomic E-state index is 0.120. The summed E-state index contributed by atoms with van der Waals surface area (Å²) in [4.78, 5) is 42.9. The van der Waals surface area contributed by atoms with E-state index in [2.05, 4.69) is 33.5 Å². The minimum Gasteiger partial charge on any atom is -0.454 e. The Bertz CT molecular complexity index is 1320. The SMILES string of the molecule is CC(C)[C@H](NC(=O)S)C(=O)N[C@@H](Cc1ccccc1)[C@@H](O)CN1CCN(Cc2ccc3c(c2)OCO3)C[C@H]1C(=O)NC(C)(C)C. The Kier molecular flexibility index (Phi) is 11.8. The van der Waals surface area contributed by atoms with Crippen LogP contribution in [0, 0.1) is 5.92 Å². The molecule has 0 bridgehead atoms. The first-order chi connectivity index (χ1) is 21.3. The van der Waals surface area contributed by atoms with Gasteiger partial charge in [0.25, 0.3) is 5.24 Å². The fourth-order valence-corrected chi connectivity index (χ4v) is 5.84. The summed E-state index contributed by atoms with van der Waals surface area (Å²) in [5, 5.41) is 19.8. The molecule has 0 aromatic heterocycles. The van der Waals surface area contributed by atoms with Crippen molar-refractivity contribution in [1.29, 1.82) is 0 Å². The number of thiol groups is 1. The van der Waals surface area contributed by atoms with Gasteiger partial charge in [0.05, 0.1) is 12.1 Å². The van der Waals surface area contributed by atoms with Crippen LogP contribution in [0.15, 0.2) is 48.5 Å². The summed E-state index contributed by atoms with van der Waals surface area (Å²) in [6.45, 7) is 12.2. The number of hydrogen-bond donors (Lipinski definition) is 5. The smallest absolute Gasteiger partial charge is 0.276 e. The van der Waals surface area contributed by atoms with E-state index in [1.54, 1.807) is 0 Å². The maximum atomic E-state index is 13.6. The zero-order valence-corrected chi connectivity index (χ0v) is 27.7. The van der Waals surface area contributed by atoms with Gasteiger partial charge >= 0.3 is 0 Å². The lowest BCUT2D eigenvalue weighted by Gasteiger charge is -2.43. The van der Waals surface area contributed by atoms with Crippen LogP contribution in [-0.4, -0.2) is 94.7 Å². The minimum atomic E-state index is -1.00. The molecule has 2 aliphatic rings. The van der Waals surface area contributed by atoms with Crippen LogP contribution in [0.3, 0.4) is 0 Å². The third-order valence-corrected chi connectivity index (χ3v) is 8.09. The van der Waals surface area contributed by atoms with E-state index in [0.29, 0.717) is 32.6 Å². The summed E-state index contributed by atoms with van der Waals surface area (Å²) in [7, 11) is 0. The number of aliphatic hydroxyl groups excluding tert-OH is 1. The van der Waals surface area contributed by atoms with Gasteiger partial charge in [0.2, 0.25) is 18.6 Å². The number of hydrogen-bond acceptors (Lipinski definition) is 8. The molecule has 2 aromatic rings. The number of carbonyl (C=O) groups is 3. The van der Waals surface area contributed by atoms with E-state index in [0.717, 1.165) is 22.6 Å². The Labute approximate surface area is 271 Å². The molecule has 4 rings (SSSR count). The van der Waals surface area contributed by atoms with Crippen LogP contribution in [0.25, 0.3) is 0 Å². The van der Waals surface area contributed by atoms with E-state index in [-0.39, 0.29) is 25.2 Å². The number of fused-ring (bicyclic) bond motifs is 1. The number of piperazine rings is 1. The Morgan fingerprint density at radius 1 is 1.00 bits per heavy atom. The van der Waals surface area contributed by atoms with E-state index >= 15 is 0 Å². The molecule has 3 amide bonds. The number of benzene rings is 2. The molecular weight excluding hydrogens is 594 g/mol. The molecule has 11 nitrogen and oxygen atoms in total. The van der Waals surface area contributed by atoms with E-state index in [4.69, 9.17) is 9.47 Å². The van der Waals surface area contributed by atoms with Crippen molar-refractivity contribution in [2.45, 2.75) is 77.4 Å². The molecule has 45 heavy (non-hydrogen) atoms. The maximum Gasteiger partial charge on any atom is 0.276 e. The van der Waals surface area contributed by atoms with Crippen molar-refractivity contribution in [3.8, 4) is 11.5 Å². The van der Waals surface area contributed by atoms with Gasteiger partial charge in [0.15, 0.2) is 11.5 Å². The molecule has 12 heteroatoms. The van der Waals surface area contributed by atoms with Gasteiger partial charge in [0, 0.05) is 38.3 Å². The van der Waals surface area contributed by atoms with Crippen LogP contribution in [0.2, 0.25) is 0 Å². The molecule has 4 atom stereocenters. The number of β-amino-alcohol motifs (C(OH)–C–C–N with tert-alkyl or cyclic N) is 1. The number of rotatable bonds is 12. The highest BCUT2D eigenvalue weighted by Gasteiger charge is 2.37. The highest BCUT2D eigenvalue weighted by molar-refractivity contribution is 7.96. The molecule has 4 N–H and O–H groups in total. The topological polar surface area (TPSA) is 132 Å². The van der Waals surface area contributed by atoms with Crippen molar-refractivity contribution in [2.24, 2.45) is 5.92 Å². The molecule has 1 fully saturated rings. The molecule has 2 aromatic carbocycles. The predicted octanol–water partition coefficient (Wildman–Crippen LogP) is 2.57. The number of carbonyl (C=O) groups excluding carboxylic acids is 3. The van der Waals surface area contributed by atoms with Crippen molar-refractivity contribution < 1.29 is 29.0 Å². The second-order valence-corrected chi connectivity index (χ2v) is 13.6. The third-order valence-electron chi connectivity index (χ3n) is 7.96. The Hall–Kier alpha value is -3.32. The van der Waals surface area contributed by atoms with Crippen LogP contribution in [0.1, 0.15) is 45.7 Å². The van der Waals surface area contributed by atoms with Crippen molar-refractivity contribution >= 4 is 29.7 Å². The van der Waals surface area contributed by atoms with Crippen LogP contribution in [0.5, 0.6) is 11.5 Å². The van der Waals surface area contributed by atoms with Crippen molar-refractivity contribution in [2.75, 3.05) is 33.0 Å². The van der Waals surface area contributed by atoms with Gasteiger partial charge in [-0.25, -0.2) is 0 Å². The lowest BCUT2D eigenvalue weighted by atomic mass is 9.97. The van der Waals surface area contributed by atoms with E-state index in [1.807, 2.05) is 88.0 Å². The lowest BCUT2D eigenvalue weighted by molar-refractivity contribution is -0.132. The fourth-order valence-electron chi connectivity index (χ4n) is 5.70. The van der Waals surface area contributed by atoms with Gasteiger partial charge in [0.1, 0.15) is 12.1 Å². The van der Waals surface area contributed by atoms with Gasteiger partial charge in [-0.2, -0.15) is 0 Å². The van der Waals surface area contributed by atoms with Gasteiger partial charge < -0.3 is 30.5 Å². The molecule has 0 saturated carbocycles. The molecule has 1 saturated heterocycles. The highest BCUT2D eigenvalue weighted by atomic mass is 32.1. The lowest BCUT2D eigenvalue weighted by Crippen LogP contribution is -2.63. The largest absolute Gasteiger partial charge is 0.454 e. The monoisotopic (exact) mass is 641 g/mol. The zero-order valence-electron chi connectivity index (χ0n) is 26.8. The maximum absolute atomic E-state index is 13.6. The molecule has 0 unspecified atom stereocenters. The highest BCUT2D eigenvalue weighted by Crippen LogP contribution is 2.33. The second-order valence-electron chi connectivity index (χ2n) is 13.2. The Morgan fingerprint density at radius 3 is 2.38 bits per heavy atom. The summed E-state index contributed by atoms with van der Waals surface area (Å²) in [5.74, 6) is 0.730. The Balaban J connectivity index is 1.51. The Morgan fingerprint density at radius 2 is 1.71 bits per heavy atom. The van der Waals surface area contributed by atoms with Crippen LogP contribution in [0.4, 0.5) is 4.79 Å². The molecular formula is C33H47N5O6S. The summed E-state index contributed by atoms with van der Waals surface area (Å²) in [6, 6.07) is 13.5. The summed E-state index contributed by atoms with van der Waals surface area (Å²) in [6.07, 6.45) is -0.630. The summed E-state index contributed by atoms with van der Waals surface area (Å²) >= 11 is 3.80. The van der Waals surface area contributed by atoms with Crippen LogP contribution in [-0.2, 0) is 22.6 Å². The summed E-state index contributed by atoms with van der Waals surface area (Å²) in [5.41, 5.74) is 1.56. The quantitative estimate of drug-likeness (QED) is 0.224. The van der Waals surface area contributed by atoms with E-state index in [1.165, 1.54) is 0 Å². The molecule has 0 aliphatic carbocycles. The van der Waals surface area contributed by atoms with Crippen molar-refractivity contribution in [3.05, 3.63) is 59.7 Å². The van der Waals surface area contributed by atoms with Gasteiger partial charge in [-0.3, -0.25) is 24.2 Å². The first-order valence-electron chi connectivity index (χ1n) is 15.5. The van der Waals surface area contributed by atoms with E-state index in [9.17, 15) is 19.5 Å². The number of aliphatic hydroxyl groups is 1. The predicted molar refractivity (Wildman–Crippen MR) is 175 cm³/mol. The molecule has 2 heterocycles. The van der Waals surface area contributed by atoms with Crippen LogP contribution < -0.4 is 25.4 Å². The standard InChI is InChI=1S/C33H47N5O6S/c1-21(2)29(35-32(42)45)31(41)34-24(15-22-9-7-6-8-10-22)26(39)19-38-14-13-37(18-25(38)30(40)36-33(3,4)5)17-23-11-12-27-28(16-23)44-20-43-27/h6-12,16,21,24-26,29,39H,13-15,17-20H2,1-5H3,(H,34,41)(H,36,40)(H2,35,42,45)/t24-,25-,26-,29-/m0/s1. The number of nitrogens with zero attached hydrogens (tertiary/aromatic N) is 2. The van der Waals surface area contributed by atoms with Crippen LogP contribution >= 0.6 is 12.6 Å². The molecule has 0 spiro atoms. The first kappa shape index (κ1) is 34.6. The van der Waals surface area contributed by atoms with E-state index < -0.39 is 40.9 Å². The zero-order chi connectivity index (χ0) is 32.7. The summed E-state index contributed by atoms with van der Waals surface area (Å²) < 4.78 is 11.0. The number of amides is 3. The second kappa shape index (κ2) is 15.3. The van der Waals surface area contributed by atoms with Crippen molar-refractivity contribution in [1.82, 2.24) is 25.8 Å². The third kappa shape index (κ3) is 10.1. The average molecular weight is 642 g/mol. The fraction of sp³-hybridized carbons (Fsp3) is 0.545. The average Bonchev–Trinajstić information content (AvgIpc) is 3.43.